The molecule has 0 aliphatic carbocycles. The summed E-state index contributed by atoms with van der Waals surface area (Å²) in [6, 6.07) is 3.81. The van der Waals surface area contributed by atoms with Gasteiger partial charge in [-0.15, -0.1) is 0 Å². The van der Waals surface area contributed by atoms with Crippen LogP contribution >= 0.6 is 0 Å². The highest BCUT2D eigenvalue weighted by molar-refractivity contribution is 5.46. The minimum atomic E-state index is 0.461. The number of nitrogens with zero attached hydrogens (tertiary/aromatic N) is 5. The van der Waals surface area contributed by atoms with Gasteiger partial charge in [-0.2, -0.15) is 10.2 Å². The molecule has 0 atom stereocenters. The van der Waals surface area contributed by atoms with Gasteiger partial charge in [0.05, 0.1) is 6.07 Å². The molecule has 0 N–H and O–H groups in total. The molecular formula is C11H11N5O. The zero-order chi connectivity index (χ0) is 12.1. The SMILES string of the molecule is Cc1nccc(-c2noc(CCCC#N)n2)n1. The van der Waals surface area contributed by atoms with Gasteiger partial charge in [0, 0.05) is 19.0 Å². The largest absolute Gasteiger partial charge is 0.339 e. The van der Waals surface area contributed by atoms with E-state index in [-0.39, 0.29) is 0 Å². The molecule has 6 nitrogen and oxygen atoms in total. The number of hydrogen-bond donors (Lipinski definition) is 0. The Bertz CT molecular complexity index is 543. The molecule has 0 aromatic carbocycles. The van der Waals surface area contributed by atoms with Gasteiger partial charge < -0.3 is 4.52 Å². The van der Waals surface area contributed by atoms with Crippen LogP contribution in [0.1, 0.15) is 24.6 Å². The molecule has 86 valence electrons. The first-order chi connectivity index (χ1) is 8.29. The zero-order valence-electron chi connectivity index (χ0n) is 9.42. The summed E-state index contributed by atoms with van der Waals surface area (Å²) in [5.41, 5.74) is 0.646. The molecule has 17 heavy (non-hydrogen) atoms. The lowest BCUT2D eigenvalue weighted by Gasteiger charge is -1.93. The van der Waals surface area contributed by atoms with Crippen molar-refractivity contribution in [1.82, 2.24) is 20.1 Å². The Balaban J connectivity index is 2.10. The maximum Gasteiger partial charge on any atom is 0.227 e. The molecule has 2 heterocycles. The molecule has 0 bridgehead atoms. The summed E-state index contributed by atoms with van der Waals surface area (Å²) in [6.45, 7) is 1.80. The molecule has 2 aromatic heterocycles. The Morgan fingerprint density at radius 1 is 1.41 bits per heavy atom. The Kier molecular flexibility index (Phi) is 3.40. The fourth-order valence-electron chi connectivity index (χ4n) is 1.36. The normalized spacial score (nSPS) is 10.1. The third kappa shape index (κ3) is 2.84. The molecule has 2 aromatic rings. The molecule has 0 aliphatic rings. The maximum absolute atomic E-state index is 8.42. The molecule has 0 saturated heterocycles. The standard InChI is InChI=1S/C11H11N5O/c1-8-13-7-5-9(14-8)11-15-10(17-16-11)4-2-3-6-12/h5,7H,2-4H2,1H3. The molecule has 0 amide bonds. The van der Waals surface area contributed by atoms with Gasteiger partial charge in [-0.25, -0.2) is 9.97 Å². The van der Waals surface area contributed by atoms with Crippen molar-refractivity contribution in [1.29, 1.82) is 5.26 Å². The molecule has 0 fully saturated rings. The van der Waals surface area contributed by atoms with Crippen molar-refractivity contribution >= 4 is 0 Å². The number of nitriles is 1. The van der Waals surface area contributed by atoms with E-state index in [4.69, 9.17) is 9.78 Å². The van der Waals surface area contributed by atoms with Crippen molar-refractivity contribution in [3.8, 4) is 17.6 Å². The molecule has 0 saturated carbocycles. The predicted octanol–water partition coefficient (Wildman–Crippen LogP) is 1.68. The van der Waals surface area contributed by atoms with E-state index >= 15 is 0 Å². The predicted molar refractivity (Wildman–Crippen MR) is 58.6 cm³/mol. The molecule has 0 unspecified atom stereocenters. The van der Waals surface area contributed by atoms with Crippen molar-refractivity contribution in [3.63, 3.8) is 0 Å². The second kappa shape index (κ2) is 5.16. The highest BCUT2D eigenvalue weighted by Gasteiger charge is 2.09. The fourth-order valence-corrected chi connectivity index (χ4v) is 1.36. The highest BCUT2D eigenvalue weighted by atomic mass is 16.5. The Labute approximate surface area is 98.3 Å². The third-order valence-electron chi connectivity index (χ3n) is 2.15. The van der Waals surface area contributed by atoms with E-state index in [1.165, 1.54) is 0 Å². The lowest BCUT2D eigenvalue weighted by molar-refractivity contribution is 0.376. The smallest absolute Gasteiger partial charge is 0.227 e. The summed E-state index contributed by atoms with van der Waals surface area (Å²) in [5, 5.41) is 12.3. The van der Waals surface area contributed by atoms with Gasteiger partial charge in [0.1, 0.15) is 11.5 Å². The van der Waals surface area contributed by atoms with Crippen LogP contribution in [0.5, 0.6) is 0 Å². The van der Waals surface area contributed by atoms with Crippen LogP contribution in [0.4, 0.5) is 0 Å². The monoisotopic (exact) mass is 229 g/mol. The van der Waals surface area contributed by atoms with Crippen LogP contribution in [0, 0.1) is 18.3 Å². The van der Waals surface area contributed by atoms with E-state index in [2.05, 4.69) is 26.2 Å². The average Bonchev–Trinajstić information content (AvgIpc) is 2.78. The van der Waals surface area contributed by atoms with E-state index in [1.807, 2.05) is 0 Å². The van der Waals surface area contributed by atoms with Crippen LogP contribution in [0.3, 0.4) is 0 Å². The van der Waals surface area contributed by atoms with E-state index in [0.717, 1.165) is 6.42 Å². The van der Waals surface area contributed by atoms with Crippen molar-refractivity contribution in [2.75, 3.05) is 0 Å². The van der Waals surface area contributed by atoms with Crippen LogP contribution in [-0.2, 0) is 6.42 Å². The molecule has 0 spiro atoms. The van der Waals surface area contributed by atoms with Crippen molar-refractivity contribution in [3.05, 3.63) is 24.0 Å². The molecule has 0 aliphatic heterocycles. The van der Waals surface area contributed by atoms with Gasteiger partial charge in [0.15, 0.2) is 0 Å². The van der Waals surface area contributed by atoms with Gasteiger partial charge in [-0.3, -0.25) is 0 Å². The first kappa shape index (κ1) is 11.2. The van der Waals surface area contributed by atoms with Gasteiger partial charge in [0.25, 0.3) is 0 Å². The number of hydrogen-bond acceptors (Lipinski definition) is 6. The average molecular weight is 229 g/mol. The summed E-state index contributed by atoms with van der Waals surface area (Å²) in [4.78, 5) is 12.4. The second-order valence-electron chi connectivity index (χ2n) is 3.51. The minimum Gasteiger partial charge on any atom is -0.339 e. The Morgan fingerprint density at radius 2 is 2.29 bits per heavy atom. The van der Waals surface area contributed by atoms with Crippen molar-refractivity contribution < 1.29 is 4.52 Å². The number of aromatic nitrogens is 4. The summed E-state index contributed by atoms with van der Waals surface area (Å²) in [6.07, 6.45) is 3.49. The maximum atomic E-state index is 8.42. The quantitative estimate of drug-likeness (QED) is 0.741. The first-order valence-electron chi connectivity index (χ1n) is 5.29. The number of aryl methyl sites for hydroxylation is 2. The molecule has 0 radical (unpaired) electrons. The van der Waals surface area contributed by atoms with E-state index in [0.29, 0.717) is 36.1 Å². The van der Waals surface area contributed by atoms with Crippen molar-refractivity contribution in [2.45, 2.75) is 26.2 Å². The molecule has 2 rings (SSSR count). The number of rotatable bonds is 4. The van der Waals surface area contributed by atoms with Crippen LogP contribution < -0.4 is 0 Å². The topological polar surface area (TPSA) is 88.5 Å². The van der Waals surface area contributed by atoms with Crippen LogP contribution in [0.15, 0.2) is 16.8 Å². The Hall–Kier alpha value is -2.29. The van der Waals surface area contributed by atoms with Gasteiger partial charge in [-0.05, 0) is 19.4 Å². The van der Waals surface area contributed by atoms with Crippen LogP contribution in [0.25, 0.3) is 11.5 Å². The van der Waals surface area contributed by atoms with Crippen molar-refractivity contribution in [2.24, 2.45) is 0 Å². The molecule has 6 heteroatoms. The third-order valence-corrected chi connectivity index (χ3v) is 2.15. The summed E-state index contributed by atoms with van der Waals surface area (Å²) >= 11 is 0. The summed E-state index contributed by atoms with van der Waals surface area (Å²) < 4.78 is 5.07. The Morgan fingerprint density at radius 3 is 3.06 bits per heavy atom. The van der Waals surface area contributed by atoms with Gasteiger partial charge >= 0.3 is 0 Å². The highest BCUT2D eigenvalue weighted by Crippen LogP contribution is 2.13. The van der Waals surface area contributed by atoms with Gasteiger partial charge in [0.2, 0.25) is 11.7 Å². The van der Waals surface area contributed by atoms with E-state index in [1.54, 1.807) is 19.2 Å². The lowest BCUT2D eigenvalue weighted by Crippen LogP contribution is -1.91. The van der Waals surface area contributed by atoms with E-state index < -0.39 is 0 Å². The van der Waals surface area contributed by atoms with Gasteiger partial charge in [-0.1, -0.05) is 5.16 Å². The lowest BCUT2D eigenvalue weighted by atomic mass is 10.2. The van der Waals surface area contributed by atoms with Crippen LogP contribution in [-0.4, -0.2) is 20.1 Å². The van der Waals surface area contributed by atoms with Crippen LogP contribution in [0.2, 0.25) is 0 Å². The summed E-state index contributed by atoms with van der Waals surface area (Å²) in [5.74, 6) is 1.66. The summed E-state index contributed by atoms with van der Waals surface area (Å²) in [7, 11) is 0. The fraction of sp³-hybridized carbons (Fsp3) is 0.364. The van der Waals surface area contributed by atoms with E-state index in [9.17, 15) is 0 Å². The second-order valence-corrected chi connectivity index (χ2v) is 3.51. The first-order valence-corrected chi connectivity index (χ1v) is 5.29. The minimum absolute atomic E-state index is 0.461. The number of unbranched alkanes of at least 4 members (excludes halogenated alkanes) is 1. The molecular weight excluding hydrogens is 218 g/mol. The zero-order valence-corrected chi connectivity index (χ0v) is 9.42.